The molecule has 0 fully saturated rings. The number of hydrogen-bond acceptors (Lipinski definition) is 4. The van der Waals surface area contributed by atoms with Gasteiger partial charge in [0.15, 0.2) is 5.16 Å². The largest absolute Gasteiger partial charge is 0.428 e. The van der Waals surface area contributed by atoms with Crippen LogP contribution in [0.15, 0.2) is 70.7 Å². The molecule has 0 aliphatic heterocycles. The Kier molecular flexibility index (Phi) is 4.48. The number of carbonyl (C=O) groups excluding carboxylic acids is 1. The summed E-state index contributed by atoms with van der Waals surface area (Å²) >= 11 is 1.45. The number of primary amides is 1. The van der Waals surface area contributed by atoms with Gasteiger partial charge in [-0.25, -0.2) is 4.98 Å². The highest BCUT2D eigenvalue weighted by Crippen LogP contribution is 2.42. The first-order valence-corrected chi connectivity index (χ1v) is 10.6. The van der Waals surface area contributed by atoms with E-state index in [9.17, 15) is 10.0 Å². The SMILES string of the molecule is Cc1ccc2[nH]c(Sc3c(-c4ccccc4)n(O)c4cc(C(N)=O)ccc34)nc2c1C. The highest BCUT2D eigenvalue weighted by Gasteiger charge is 2.22. The van der Waals surface area contributed by atoms with Gasteiger partial charge in [-0.05, 0) is 54.9 Å². The van der Waals surface area contributed by atoms with Crippen molar-refractivity contribution in [3.8, 4) is 11.3 Å². The number of hydrogen-bond donors (Lipinski definition) is 3. The second-order valence-electron chi connectivity index (χ2n) is 7.50. The van der Waals surface area contributed by atoms with Crippen LogP contribution in [-0.2, 0) is 0 Å². The lowest BCUT2D eigenvalue weighted by molar-refractivity contribution is 0.100. The molecule has 0 unspecified atom stereocenters. The molecule has 3 aromatic carbocycles. The fourth-order valence-electron chi connectivity index (χ4n) is 3.78. The summed E-state index contributed by atoms with van der Waals surface area (Å²) in [6.45, 7) is 4.13. The number of imidazole rings is 1. The van der Waals surface area contributed by atoms with Crippen molar-refractivity contribution in [3.05, 3.63) is 77.4 Å². The molecular formula is C24H20N4O2S. The minimum atomic E-state index is -0.540. The number of amides is 1. The first-order valence-electron chi connectivity index (χ1n) is 9.80. The lowest BCUT2D eigenvalue weighted by Gasteiger charge is -2.05. The Morgan fingerprint density at radius 1 is 1.10 bits per heavy atom. The van der Waals surface area contributed by atoms with Crippen LogP contribution in [-0.4, -0.2) is 25.8 Å². The van der Waals surface area contributed by atoms with E-state index in [1.807, 2.05) is 42.5 Å². The number of nitrogens with zero attached hydrogens (tertiary/aromatic N) is 2. The Labute approximate surface area is 182 Å². The zero-order valence-electron chi connectivity index (χ0n) is 17.0. The summed E-state index contributed by atoms with van der Waals surface area (Å²) in [5.41, 5.74) is 12.0. The van der Waals surface area contributed by atoms with Gasteiger partial charge in [0.1, 0.15) is 5.69 Å². The second-order valence-corrected chi connectivity index (χ2v) is 8.50. The van der Waals surface area contributed by atoms with E-state index in [0.717, 1.165) is 42.3 Å². The third kappa shape index (κ3) is 3.14. The van der Waals surface area contributed by atoms with Gasteiger partial charge in [-0.15, -0.1) is 0 Å². The van der Waals surface area contributed by atoms with Gasteiger partial charge in [-0.3, -0.25) is 4.79 Å². The first kappa shape index (κ1) is 19.3. The number of aromatic amines is 1. The summed E-state index contributed by atoms with van der Waals surface area (Å²) in [7, 11) is 0. The topological polar surface area (TPSA) is 96.9 Å². The quantitative estimate of drug-likeness (QED) is 0.339. The fourth-order valence-corrected chi connectivity index (χ4v) is 4.86. The van der Waals surface area contributed by atoms with Crippen LogP contribution in [0.4, 0.5) is 0 Å². The van der Waals surface area contributed by atoms with E-state index < -0.39 is 5.91 Å². The van der Waals surface area contributed by atoms with E-state index in [0.29, 0.717) is 16.8 Å². The van der Waals surface area contributed by atoms with Gasteiger partial charge in [0.25, 0.3) is 0 Å². The summed E-state index contributed by atoms with van der Waals surface area (Å²) in [4.78, 5) is 20.7. The number of nitrogens with one attached hydrogen (secondary N) is 1. The number of aryl methyl sites for hydroxylation is 2. The van der Waals surface area contributed by atoms with E-state index in [2.05, 4.69) is 24.9 Å². The van der Waals surface area contributed by atoms with Crippen molar-refractivity contribution in [3.63, 3.8) is 0 Å². The van der Waals surface area contributed by atoms with Crippen molar-refractivity contribution >= 4 is 39.6 Å². The molecule has 7 heteroatoms. The Morgan fingerprint density at radius 3 is 2.61 bits per heavy atom. The molecule has 0 saturated carbocycles. The van der Waals surface area contributed by atoms with Gasteiger partial charge in [0.05, 0.1) is 21.4 Å². The first-order chi connectivity index (χ1) is 14.9. The van der Waals surface area contributed by atoms with Gasteiger partial charge >= 0.3 is 0 Å². The molecule has 5 rings (SSSR count). The fraction of sp³-hybridized carbons (Fsp3) is 0.0833. The molecule has 2 aromatic heterocycles. The summed E-state index contributed by atoms with van der Waals surface area (Å²) in [6.07, 6.45) is 0. The Balaban J connectivity index is 1.73. The number of H-pyrrole nitrogens is 1. The van der Waals surface area contributed by atoms with Crippen molar-refractivity contribution in [2.24, 2.45) is 5.73 Å². The highest BCUT2D eigenvalue weighted by atomic mass is 32.2. The molecule has 154 valence electrons. The maximum Gasteiger partial charge on any atom is 0.248 e. The smallest absolute Gasteiger partial charge is 0.248 e. The third-order valence-electron chi connectivity index (χ3n) is 5.58. The normalized spacial score (nSPS) is 11.4. The molecular weight excluding hydrogens is 408 g/mol. The molecule has 2 heterocycles. The predicted octanol–water partition coefficient (Wildman–Crippen LogP) is 5.29. The number of aromatic nitrogens is 3. The van der Waals surface area contributed by atoms with E-state index in [1.54, 1.807) is 12.1 Å². The van der Waals surface area contributed by atoms with Crippen LogP contribution < -0.4 is 5.73 Å². The molecule has 0 atom stereocenters. The lowest BCUT2D eigenvalue weighted by Crippen LogP contribution is -2.10. The number of rotatable bonds is 4. The van der Waals surface area contributed by atoms with Gasteiger partial charge in [0, 0.05) is 16.5 Å². The minimum Gasteiger partial charge on any atom is -0.428 e. The second kappa shape index (κ2) is 7.21. The standard InChI is InChI=1S/C24H20N4O2S/c1-13-8-11-18-20(14(13)2)27-24(26-18)31-22-17-10-9-16(23(25)29)12-19(17)28(30)21(22)15-6-4-3-5-7-15/h3-12,30H,1-2H3,(H2,25,29)(H,26,27). The van der Waals surface area contributed by atoms with Crippen LogP contribution in [0.5, 0.6) is 0 Å². The van der Waals surface area contributed by atoms with Crippen molar-refractivity contribution in [1.29, 1.82) is 0 Å². The molecule has 0 spiro atoms. The molecule has 0 bridgehead atoms. The Hall–Kier alpha value is -3.71. The number of fused-ring (bicyclic) bond motifs is 2. The Bertz CT molecular complexity index is 1470. The minimum absolute atomic E-state index is 0.339. The van der Waals surface area contributed by atoms with Crippen LogP contribution in [0.1, 0.15) is 21.5 Å². The van der Waals surface area contributed by atoms with Crippen LogP contribution in [0.3, 0.4) is 0 Å². The maximum atomic E-state index is 11.7. The molecule has 1 amide bonds. The monoisotopic (exact) mass is 428 g/mol. The number of benzene rings is 3. The van der Waals surface area contributed by atoms with E-state index in [1.165, 1.54) is 17.3 Å². The molecule has 31 heavy (non-hydrogen) atoms. The van der Waals surface area contributed by atoms with Gasteiger partial charge in [0.2, 0.25) is 5.91 Å². The van der Waals surface area contributed by atoms with Crippen LogP contribution in [0.2, 0.25) is 0 Å². The number of carbonyl (C=O) groups is 1. The Morgan fingerprint density at radius 2 is 1.87 bits per heavy atom. The molecule has 0 aliphatic rings. The van der Waals surface area contributed by atoms with E-state index in [4.69, 9.17) is 10.7 Å². The van der Waals surface area contributed by atoms with Gasteiger partial charge in [-0.2, -0.15) is 4.73 Å². The highest BCUT2D eigenvalue weighted by molar-refractivity contribution is 7.99. The van der Waals surface area contributed by atoms with Crippen molar-refractivity contribution < 1.29 is 10.0 Å². The summed E-state index contributed by atoms with van der Waals surface area (Å²) < 4.78 is 1.12. The summed E-state index contributed by atoms with van der Waals surface area (Å²) in [6, 6.07) is 18.8. The molecule has 0 saturated heterocycles. The van der Waals surface area contributed by atoms with Crippen molar-refractivity contribution in [1.82, 2.24) is 14.7 Å². The average molecular weight is 429 g/mol. The number of nitrogens with two attached hydrogens (primary N) is 1. The summed E-state index contributed by atoms with van der Waals surface area (Å²) in [5, 5.41) is 12.6. The van der Waals surface area contributed by atoms with E-state index >= 15 is 0 Å². The zero-order valence-corrected chi connectivity index (χ0v) is 17.8. The predicted molar refractivity (Wildman–Crippen MR) is 123 cm³/mol. The van der Waals surface area contributed by atoms with Gasteiger partial charge < -0.3 is 15.9 Å². The average Bonchev–Trinajstić information content (AvgIpc) is 3.30. The zero-order chi connectivity index (χ0) is 21.7. The van der Waals surface area contributed by atoms with Crippen molar-refractivity contribution in [2.75, 3.05) is 0 Å². The van der Waals surface area contributed by atoms with E-state index in [-0.39, 0.29) is 0 Å². The molecule has 6 nitrogen and oxygen atoms in total. The van der Waals surface area contributed by atoms with Gasteiger partial charge in [-0.1, -0.05) is 42.5 Å². The maximum absolute atomic E-state index is 11.7. The molecule has 4 N–H and O–H groups in total. The van der Waals surface area contributed by atoms with Crippen LogP contribution in [0, 0.1) is 13.8 Å². The summed E-state index contributed by atoms with van der Waals surface area (Å²) in [5.74, 6) is -0.540. The molecule has 0 radical (unpaired) electrons. The van der Waals surface area contributed by atoms with Crippen LogP contribution >= 0.6 is 11.8 Å². The third-order valence-corrected chi connectivity index (χ3v) is 6.59. The lowest BCUT2D eigenvalue weighted by atomic mass is 10.1. The van der Waals surface area contributed by atoms with Crippen LogP contribution in [0.25, 0.3) is 33.2 Å². The van der Waals surface area contributed by atoms with Crippen molar-refractivity contribution in [2.45, 2.75) is 23.9 Å². The molecule has 0 aliphatic carbocycles. The molecule has 5 aromatic rings.